The minimum absolute atomic E-state index is 0.694. The van der Waals surface area contributed by atoms with Crippen molar-refractivity contribution in [1.82, 2.24) is 10.2 Å². The van der Waals surface area contributed by atoms with E-state index in [4.69, 9.17) is 0 Å². The van der Waals surface area contributed by atoms with Gasteiger partial charge < -0.3 is 5.32 Å². The highest BCUT2D eigenvalue weighted by atomic mass is 15.2. The summed E-state index contributed by atoms with van der Waals surface area (Å²) in [6.07, 6.45) is 4.09. The molecule has 2 heteroatoms. The summed E-state index contributed by atoms with van der Waals surface area (Å²) in [6, 6.07) is 1.44. The molecule has 1 heterocycles. The van der Waals surface area contributed by atoms with Crippen molar-refractivity contribution in [1.29, 1.82) is 0 Å². The van der Waals surface area contributed by atoms with Gasteiger partial charge in [-0.15, -0.1) is 0 Å². The fraction of sp³-hybridized carbons (Fsp3) is 1.00. The van der Waals surface area contributed by atoms with Crippen LogP contribution in [0, 0.1) is 5.92 Å². The lowest BCUT2D eigenvalue weighted by Gasteiger charge is -2.34. The first-order valence-electron chi connectivity index (χ1n) is 6.05. The zero-order valence-electron chi connectivity index (χ0n) is 10.2. The van der Waals surface area contributed by atoms with E-state index in [0.29, 0.717) is 6.04 Å². The van der Waals surface area contributed by atoms with Crippen LogP contribution in [0.4, 0.5) is 0 Å². The van der Waals surface area contributed by atoms with E-state index in [9.17, 15) is 0 Å². The largest absolute Gasteiger partial charge is 0.315 e. The first-order valence-corrected chi connectivity index (χ1v) is 6.05. The Morgan fingerprint density at radius 1 is 1.21 bits per heavy atom. The molecular weight excluding hydrogens is 172 g/mol. The monoisotopic (exact) mass is 198 g/mol. The molecule has 1 aliphatic rings. The van der Waals surface area contributed by atoms with Gasteiger partial charge in [-0.2, -0.15) is 0 Å². The molecule has 1 fully saturated rings. The predicted molar refractivity (Wildman–Crippen MR) is 62.6 cm³/mol. The first-order chi connectivity index (χ1) is 6.63. The minimum atomic E-state index is 0.694. The Morgan fingerprint density at radius 2 is 1.93 bits per heavy atom. The molecule has 0 radical (unpaired) electrons. The normalized spacial score (nSPS) is 26.6. The summed E-state index contributed by atoms with van der Waals surface area (Å²) in [6.45, 7) is 9.35. The Morgan fingerprint density at radius 3 is 2.57 bits per heavy atom. The Bertz CT molecular complexity index is 148. The minimum Gasteiger partial charge on any atom is -0.315 e. The van der Waals surface area contributed by atoms with Gasteiger partial charge in [0.1, 0.15) is 0 Å². The second kappa shape index (κ2) is 5.72. The van der Waals surface area contributed by atoms with Crippen molar-refractivity contribution in [3.8, 4) is 0 Å². The molecule has 2 nitrogen and oxygen atoms in total. The highest BCUT2D eigenvalue weighted by Gasteiger charge is 2.22. The molecule has 1 saturated heterocycles. The van der Waals surface area contributed by atoms with Gasteiger partial charge in [-0.05, 0) is 39.3 Å². The third-order valence-electron chi connectivity index (χ3n) is 3.70. The third-order valence-corrected chi connectivity index (χ3v) is 3.70. The summed E-state index contributed by atoms with van der Waals surface area (Å²) in [4.78, 5) is 2.56. The van der Waals surface area contributed by atoms with E-state index in [1.165, 1.54) is 32.4 Å². The molecule has 0 aliphatic carbocycles. The summed E-state index contributed by atoms with van der Waals surface area (Å²) in [5, 5.41) is 3.53. The fourth-order valence-electron chi connectivity index (χ4n) is 2.15. The summed E-state index contributed by atoms with van der Waals surface area (Å²) < 4.78 is 0. The van der Waals surface area contributed by atoms with Crippen molar-refractivity contribution in [2.75, 3.05) is 20.1 Å². The van der Waals surface area contributed by atoms with E-state index < -0.39 is 0 Å². The molecule has 1 aliphatic heterocycles. The highest BCUT2D eigenvalue weighted by Crippen LogP contribution is 2.16. The molecule has 1 rings (SSSR count). The molecule has 0 aromatic rings. The van der Waals surface area contributed by atoms with Gasteiger partial charge in [0, 0.05) is 18.6 Å². The number of hydrogen-bond donors (Lipinski definition) is 1. The van der Waals surface area contributed by atoms with Crippen LogP contribution in [0.3, 0.4) is 0 Å². The smallest absolute Gasteiger partial charge is 0.0220 e. The molecule has 0 saturated carbocycles. The number of hydrogen-bond acceptors (Lipinski definition) is 2. The Kier molecular flexibility index (Phi) is 4.90. The van der Waals surface area contributed by atoms with Crippen LogP contribution >= 0.6 is 0 Å². The van der Waals surface area contributed by atoms with Gasteiger partial charge >= 0.3 is 0 Å². The van der Waals surface area contributed by atoms with Crippen LogP contribution in [0.5, 0.6) is 0 Å². The van der Waals surface area contributed by atoms with E-state index in [2.05, 4.69) is 38.0 Å². The average molecular weight is 198 g/mol. The van der Waals surface area contributed by atoms with Crippen LogP contribution < -0.4 is 5.32 Å². The molecule has 0 aromatic heterocycles. The molecule has 0 bridgehead atoms. The van der Waals surface area contributed by atoms with E-state index in [0.717, 1.165) is 12.0 Å². The van der Waals surface area contributed by atoms with Crippen molar-refractivity contribution in [3.63, 3.8) is 0 Å². The topological polar surface area (TPSA) is 15.3 Å². The lowest BCUT2D eigenvalue weighted by atomic mass is 10.0. The highest BCUT2D eigenvalue weighted by molar-refractivity contribution is 4.79. The lowest BCUT2D eigenvalue weighted by Crippen LogP contribution is -2.45. The summed E-state index contributed by atoms with van der Waals surface area (Å²) in [7, 11) is 2.28. The quantitative estimate of drug-likeness (QED) is 0.747. The molecule has 0 amide bonds. The number of rotatable bonds is 3. The Labute approximate surface area is 89.1 Å². The van der Waals surface area contributed by atoms with Gasteiger partial charge in [-0.25, -0.2) is 0 Å². The molecular formula is C12H26N2. The number of nitrogens with one attached hydrogen (secondary N) is 1. The van der Waals surface area contributed by atoms with Gasteiger partial charge in [-0.3, -0.25) is 4.90 Å². The summed E-state index contributed by atoms with van der Waals surface area (Å²) in [5.74, 6) is 0.753. The van der Waals surface area contributed by atoms with Crippen molar-refractivity contribution < 1.29 is 0 Å². The molecule has 2 unspecified atom stereocenters. The van der Waals surface area contributed by atoms with Gasteiger partial charge in [-0.1, -0.05) is 20.3 Å². The molecule has 84 valence electrons. The van der Waals surface area contributed by atoms with Crippen LogP contribution in [0.2, 0.25) is 0 Å². The van der Waals surface area contributed by atoms with Gasteiger partial charge in [0.15, 0.2) is 0 Å². The molecule has 14 heavy (non-hydrogen) atoms. The average Bonchev–Trinajstić information content (AvgIpc) is 2.43. The van der Waals surface area contributed by atoms with Crippen LogP contribution in [0.1, 0.15) is 40.0 Å². The Hall–Kier alpha value is -0.0800. The Balaban J connectivity index is 2.44. The van der Waals surface area contributed by atoms with E-state index >= 15 is 0 Å². The zero-order valence-corrected chi connectivity index (χ0v) is 10.2. The van der Waals surface area contributed by atoms with Gasteiger partial charge in [0.2, 0.25) is 0 Å². The van der Waals surface area contributed by atoms with Crippen LogP contribution in [0.25, 0.3) is 0 Å². The molecule has 1 N–H and O–H groups in total. The SMILES string of the molecule is CC(C)C(C)N(C)C1CCCCNC1. The second-order valence-corrected chi connectivity index (χ2v) is 5.00. The third kappa shape index (κ3) is 3.25. The summed E-state index contributed by atoms with van der Waals surface area (Å²) in [5.41, 5.74) is 0. The summed E-state index contributed by atoms with van der Waals surface area (Å²) >= 11 is 0. The van der Waals surface area contributed by atoms with Gasteiger partial charge in [0.05, 0.1) is 0 Å². The van der Waals surface area contributed by atoms with Gasteiger partial charge in [0.25, 0.3) is 0 Å². The maximum Gasteiger partial charge on any atom is 0.0220 e. The first kappa shape index (κ1) is 12.0. The fourth-order valence-corrected chi connectivity index (χ4v) is 2.15. The molecule has 0 aromatic carbocycles. The van der Waals surface area contributed by atoms with Crippen molar-refractivity contribution >= 4 is 0 Å². The van der Waals surface area contributed by atoms with Crippen molar-refractivity contribution in [2.45, 2.75) is 52.1 Å². The van der Waals surface area contributed by atoms with Crippen LogP contribution in [0.15, 0.2) is 0 Å². The van der Waals surface area contributed by atoms with Crippen LogP contribution in [-0.2, 0) is 0 Å². The maximum atomic E-state index is 3.53. The zero-order chi connectivity index (χ0) is 10.6. The van der Waals surface area contributed by atoms with E-state index in [-0.39, 0.29) is 0 Å². The standard InChI is InChI=1S/C12H26N2/c1-10(2)11(3)14(4)12-7-5-6-8-13-9-12/h10-13H,5-9H2,1-4H3. The maximum absolute atomic E-state index is 3.53. The number of likely N-dealkylation sites (N-methyl/N-ethyl adjacent to an activating group) is 1. The van der Waals surface area contributed by atoms with E-state index in [1.807, 2.05) is 0 Å². The van der Waals surface area contributed by atoms with E-state index in [1.54, 1.807) is 0 Å². The lowest BCUT2D eigenvalue weighted by molar-refractivity contribution is 0.142. The van der Waals surface area contributed by atoms with Crippen molar-refractivity contribution in [3.05, 3.63) is 0 Å². The second-order valence-electron chi connectivity index (χ2n) is 5.00. The van der Waals surface area contributed by atoms with Crippen molar-refractivity contribution in [2.24, 2.45) is 5.92 Å². The number of nitrogens with zero attached hydrogens (tertiary/aromatic N) is 1. The predicted octanol–water partition coefficient (Wildman–Crippen LogP) is 2.10. The molecule has 0 spiro atoms. The van der Waals surface area contributed by atoms with Crippen LogP contribution in [-0.4, -0.2) is 37.1 Å². The molecule has 2 atom stereocenters.